The monoisotopic (exact) mass is 369 g/mol. The molecule has 4 heteroatoms. The molecule has 0 atom stereocenters. The molecule has 26 heavy (non-hydrogen) atoms. The Kier molecular flexibility index (Phi) is 18.8. The highest BCUT2D eigenvalue weighted by molar-refractivity contribution is 5.87. The molecule has 0 aliphatic heterocycles. The minimum Gasteiger partial charge on any atom is -0.347 e. The number of halogens is 2. The highest BCUT2D eigenvalue weighted by Gasteiger charge is 2.02. The molecule has 0 aromatic heterocycles. The number of alkyl halides is 2. The third-order valence-electron chi connectivity index (χ3n) is 4.06. The first-order chi connectivity index (χ1) is 12.7. The summed E-state index contributed by atoms with van der Waals surface area (Å²) < 4.78 is 23.8. The molecule has 0 bridgehead atoms. The van der Waals surface area contributed by atoms with Crippen molar-refractivity contribution in [3.8, 4) is 0 Å². The lowest BCUT2D eigenvalue weighted by Gasteiger charge is -1.99. The molecule has 0 saturated heterocycles. The molecule has 0 aliphatic carbocycles. The van der Waals surface area contributed by atoms with E-state index >= 15 is 0 Å². The molecule has 150 valence electrons. The predicted molar refractivity (Wildman–Crippen MR) is 108 cm³/mol. The molecule has 0 aliphatic rings. The average molecular weight is 370 g/mol. The van der Waals surface area contributed by atoms with Crippen molar-refractivity contribution in [1.82, 2.24) is 5.32 Å². The van der Waals surface area contributed by atoms with E-state index in [-0.39, 0.29) is 0 Å². The molecule has 0 spiro atoms. The fourth-order valence-corrected chi connectivity index (χ4v) is 2.53. The quantitative estimate of drug-likeness (QED) is 0.131. The van der Waals surface area contributed by atoms with Gasteiger partial charge in [0.25, 0.3) is 6.43 Å². The molecule has 0 saturated carbocycles. The number of hydrogen-bond acceptors (Lipinski definition) is 1. The van der Waals surface area contributed by atoms with Crippen LogP contribution in [0.3, 0.4) is 0 Å². The third-order valence-corrected chi connectivity index (χ3v) is 4.06. The maximum absolute atomic E-state index is 11.9. The summed E-state index contributed by atoms with van der Waals surface area (Å²) >= 11 is 0. The summed E-state index contributed by atoms with van der Waals surface area (Å²) in [5.41, 5.74) is 0. The Morgan fingerprint density at radius 1 is 0.808 bits per heavy atom. The van der Waals surface area contributed by atoms with Gasteiger partial charge in [-0.3, -0.25) is 4.79 Å². The number of nitrogens with one attached hydrogen (secondary N) is 1. The van der Waals surface area contributed by atoms with Crippen LogP contribution in [0.15, 0.2) is 36.5 Å². The first kappa shape index (κ1) is 24.6. The summed E-state index contributed by atoms with van der Waals surface area (Å²) in [6.45, 7) is 1.64. The van der Waals surface area contributed by atoms with E-state index in [9.17, 15) is 13.6 Å². The van der Waals surface area contributed by atoms with Crippen LogP contribution in [-0.4, -0.2) is 18.9 Å². The van der Waals surface area contributed by atoms with Gasteiger partial charge in [-0.1, -0.05) is 75.8 Å². The summed E-state index contributed by atoms with van der Waals surface area (Å²) in [5.74, 6) is -0.481. The van der Waals surface area contributed by atoms with Gasteiger partial charge in [0, 0.05) is 6.08 Å². The van der Waals surface area contributed by atoms with Crippen molar-refractivity contribution in [2.45, 2.75) is 90.4 Å². The number of hydrogen-bond donors (Lipinski definition) is 1. The lowest BCUT2D eigenvalue weighted by molar-refractivity contribution is -0.117. The Morgan fingerprint density at radius 3 is 1.92 bits per heavy atom. The van der Waals surface area contributed by atoms with Crippen LogP contribution in [0.5, 0.6) is 0 Å². The summed E-state index contributed by atoms with van der Waals surface area (Å²) in [6, 6.07) is 0. The first-order valence-electron chi connectivity index (χ1n) is 10.2. The summed E-state index contributed by atoms with van der Waals surface area (Å²) in [4.78, 5) is 11.1. The molecule has 0 aromatic rings. The molecule has 0 unspecified atom stereocenters. The Labute approximate surface area is 158 Å². The minimum atomic E-state index is -2.50. The van der Waals surface area contributed by atoms with E-state index in [2.05, 4.69) is 24.4 Å². The van der Waals surface area contributed by atoms with Crippen LogP contribution in [0.2, 0.25) is 0 Å². The van der Waals surface area contributed by atoms with Crippen molar-refractivity contribution in [2.24, 2.45) is 0 Å². The van der Waals surface area contributed by atoms with Crippen LogP contribution in [0.25, 0.3) is 0 Å². The van der Waals surface area contributed by atoms with Gasteiger partial charge in [0.05, 0.1) is 6.54 Å². The Morgan fingerprint density at radius 2 is 1.35 bits per heavy atom. The normalized spacial score (nSPS) is 12.2. The zero-order chi connectivity index (χ0) is 19.3. The van der Waals surface area contributed by atoms with Gasteiger partial charge in [0.15, 0.2) is 0 Å². The highest BCUT2D eigenvalue weighted by atomic mass is 19.3. The molecule has 0 aromatic carbocycles. The molecule has 2 nitrogen and oxygen atoms in total. The van der Waals surface area contributed by atoms with Gasteiger partial charge in [-0.2, -0.15) is 0 Å². The average Bonchev–Trinajstić information content (AvgIpc) is 2.62. The van der Waals surface area contributed by atoms with Crippen molar-refractivity contribution >= 4 is 5.91 Å². The minimum absolute atomic E-state index is 0.481. The Balaban J connectivity index is 3.34. The highest BCUT2D eigenvalue weighted by Crippen LogP contribution is 2.09. The SMILES string of the molecule is CCCCC/C=C\CCCCCCCC/C=C/C=C/C(=O)NCC(F)F. The van der Waals surface area contributed by atoms with Crippen LogP contribution >= 0.6 is 0 Å². The number of unbranched alkanes of at least 4 members (excludes halogenated alkanes) is 10. The van der Waals surface area contributed by atoms with Crippen LogP contribution in [0.1, 0.15) is 84.0 Å². The van der Waals surface area contributed by atoms with Crippen LogP contribution in [-0.2, 0) is 4.79 Å². The summed E-state index contributed by atoms with van der Waals surface area (Å²) in [5, 5.41) is 2.12. The number of amides is 1. The Bertz CT molecular complexity index is 403. The van der Waals surface area contributed by atoms with Gasteiger partial charge in [0.1, 0.15) is 0 Å². The van der Waals surface area contributed by atoms with E-state index in [1.807, 2.05) is 6.08 Å². The van der Waals surface area contributed by atoms with Crippen molar-refractivity contribution in [1.29, 1.82) is 0 Å². The molecule has 0 heterocycles. The zero-order valence-corrected chi connectivity index (χ0v) is 16.4. The second-order valence-corrected chi connectivity index (χ2v) is 6.59. The number of carbonyl (C=O) groups is 1. The second-order valence-electron chi connectivity index (χ2n) is 6.59. The van der Waals surface area contributed by atoms with E-state index in [4.69, 9.17) is 0 Å². The second kappa shape index (κ2) is 19.9. The van der Waals surface area contributed by atoms with E-state index in [0.29, 0.717) is 0 Å². The lowest BCUT2D eigenvalue weighted by Crippen LogP contribution is -2.26. The van der Waals surface area contributed by atoms with Crippen LogP contribution < -0.4 is 5.32 Å². The molecule has 1 amide bonds. The van der Waals surface area contributed by atoms with Gasteiger partial charge < -0.3 is 5.32 Å². The van der Waals surface area contributed by atoms with Gasteiger partial charge >= 0.3 is 0 Å². The van der Waals surface area contributed by atoms with Crippen LogP contribution in [0, 0.1) is 0 Å². The maximum atomic E-state index is 11.9. The molecule has 0 fully saturated rings. The van der Waals surface area contributed by atoms with Crippen molar-refractivity contribution in [2.75, 3.05) is 6.54 Å². The largest absolute Gasteiger partial charge is 0.347 e. The van der Waals surface area contributed by atoms with E-state index in [1.165, 1.54) is 70.3 Å². The summed E-state index contributed by atoms with van der Waals surface area (Å²) in [7, 11) is 0. The Hall–Kier alpha value is -1.45. The fourth-order valence-electron chi connectivity index (χ4n) is 2.53. The molecule has 1 N–H and O–H groups in total. The first-order valence-corrected chi connectivity index (χ1v) is 10.2. The molecule has 0 radical (unpaired) electrons. The van der Waals surface area contributed by atoms with E-state index < -0.39 is 18.9 Å². The van der Waals surface area contributed by atoms with Crippen molar-refractivity contribution in [3.05, 3.63) is 36.5 Å². The molecular formula is C22H37F2NO. The van der Waals surface area contributed by atoms with E-state index in [1.54, 1.807) is 12.2 Å². The molecular weight excluding hydrogens is 332 g/mol. The van der Waals surface area contributed by atoms with Gasteiger partial charge in [0.2, 0.25) is 5.91 Å². The van der Waals surface area contributed by atoms with Gasteiger partial charge in [-0.15, -0.1) is 0 Å². The number of allylic oxidation sites excluding steroid dienone is 5. The fraction of sp³-hybridized carbons (Fsp3) is 0.682. The smallest absolute Gasteiger partial charge is 0.255 e. The van der Waals surface area contributed by atoms with Gasteiger partial charge in [-0.05, 0) is 38.5 Å². The van der Waals surface area contributed by atoms with Crippen LogP contribution in [0.4, 0.5) is 8.78 Å². The standard InChI is InChI=1S/C22H37F2NO/c1-2-3-4-5-6-7-8-9-10-11-12-13-14-15-16-17-18-19-22(26)25-20-21(23)24/h6-7,16-19,21H,2-5,8-15,20H2,1H3,(H,25,26)/b7-6-,17-16+,19-18+. The topological polar surface area (TPSA) is 29.1 Å². The lowest BCUT2D eigenvalue weighted by atomic mass is 10.1. The van der Waals surface area contributed by atoms with E-state index in [0.717, 1.165) is 12.8 Å². The van der Waals surface area contributed by atoms with Gasteiger partial charge in [-0.25, -0.2) is 8.78 Å². The summed E-state index contributed by atoms with van der Waals surface area (Å²) in [6.07, 6.45) is 23.8. The maximum Gasteiger partial charge on any atom is 0.255 e. The molecule has 0 rings (SSSR count). The number of carbonyl (C=O) groups excluding carboxylic acids is 1. The zero-order valence-electron chi connectivity index (χ0n) is 16.4. The predicted octanol–water partition coefficient (Wildman–Crippen LogP) is 6.74. The third kappa shape index (κ3) is 20.6. The number of rotatable bonds is 17. The van der Waals surface area contributed by atoms with Crippen molar-refractivity contribution in [3.63, 3.8) is 0 Å². The van der Waals surface area contributed by atoms with Crippen molar-refractivity contribution < 1.29 is 13.6 Å².